The van der Waals surface area contributed by atoms with Crippen LogP contribution in [0.25, 0.3) is 0 Å². The predicted molar refractivity (Wildman–Crippen MR) is 82.2 cm³/mol. The molecule has 7 heteroatoms. The molecule has 2 aliphatic rings. The largest absolute Gasteiger partial charge is 0.479 e. The smallest absolute Gasteiger partial charge is 0.330 e. The third-order valence-corrected chi connectivity index (χ3v) is 5.30. The second-order valence-corrected chi connectivity index (χ2v) is 7.02. The van der Waals surface area contributed by atoms with Gasteiger partial charge in [0, 0.05) is 30.1 Å². The summed E-state index contributed by atoms with van der Waals surface area (Å²) in [5.74, 6) is -1.04. The van der Waals surface area contributed by atoms with E-state index in [1.54, 1.807) is 6.07 Å². The normalized spacial score (nSPS) is 28.9. The molecule has 1 amide bonds. The maximum absolute atomic E-state index is 12.5. The van der Waals surface area contributed by atoms with Gasteiger partial charge in [-0.2, -0.15) is 5.10 Å². The van der Waals surface area contributed by atoms with Crippen molar-refractivity contribution in [1.29, 1.82) is 0 Å². The van der Waals surface area contributed by atoms with Crippen LogP contribution >= 0.6 is 0 Å². The molecule has 3 N–H and O–H groups in total. The van der Waals surface area contributed by atoms with E-state index in [1.807, 2.05) is 20.8 Å². The van der Waals surface area contributed by atoms with Gasteiger partial charge in [0.05, 0.1) is 6.10 Å². The highest BCUT2D eigenvalue weighted by Crippen LogP contribution is 2.51. The van der Waals surface area contributed by atoms with Crippen molar-refractivity contribution in [3.63, 3.8) is 0 Å². The zero-order chi connectivity index (χ0) is 16.8. The first kappa shape index (κ1) is 16.0. The van der Waals surface area contributed by atoms with E-state index in [2.05, 4.69) is 15.5 Å². The highest BCUT2D eigenvalue weighted by molar-refractivity contribution is 5.97. The van der Waals surface area contributed by atoms with Gasteiger partial charge in [0.1, 0.15) is 11.2 Å². The van der Waals surface area contributed by atoms with Gasteiger partial charge in [0.2, 0.25) is 0 Å². The Balaban J connectivity index is 1.77. The van der Waals surface area contributed by atoms with Gasteiger partial charge in [0.15, 0.2) is 0 Å². The molecule has 0 bridgehead atoms. The summed E-state index contributed by atoms with van der Waals surface area (Å²) in [6.45, 7) is 6.01. The molecule has 1 aromatic heterocycles. The van der Waals surface area contributed by atoms with Crippen molar-refractivity contribution >= 4 is 11.9 Å². The Morgan fingerprint density at radius 3 is 2.70 bits per heavy atom. The van der Waals surface area contributed by atoms with Crippen LogP contribution in [0.5, 0.6) is 0 Å². The van der Waals surface area contributed by atoms with Crippen LogP contribution in [0, 0.1) is 5.41 Å². The van der Waals surface area contributed by atoms with Crippen LogP contribution in [-0.2, 0) is 9.53 Å². The lowest BCUT2D eigenvalue weighted by atomic mass is 9.54. The molecule has 2 saturated carbocycles. The van der Waals surface area contributed by atoms with Crippen LogP contribution in [0.1, 0.15) is 62.1 Å². The number of aliphatic carboxylic acids is 1. The number of nitrogens with one attached hydrogen (secondary N) is 2. The van der Waals surface area contributed by atoms with E-state index in [0.29, 0.717) is 12.5 Å². The second kappa shape index (κ2) is 5.33. The van der Waals surface area contributed by atoms with Gasteiger partial charge in [-0.15, -0.1) is 0 Å². The highest BCUT2D eigenvalue weighted by Gasteiger charge is 2.66. The molecule has 2 unspecified atom stereocenters. The molecular weight excluding hydrogens is 298 g/mol. The van der Waals surface area contributed by atoms with E-state index >= 15 is 0 Å². The van der Waals surface area contributed by atoms with Crippen LogP contribution in [-0.4, -0.2) is 45.4 Å². The van der Waals surface area contributed by atoms with E-state index in [-0.39, 0.29) is 18.2 Å². The number of carboxylic acid groups (broad SMARTS) is 1. The number of aromatic nitrogens is 2. The van der Waals surface area contributed by atoms with Crippen molar-refractivity contribution in [2.45, 2.75) is 57.6 Å². The van der Waals surface area contributed by atoms with Crippen molar-refractivity contribution in [1.82, 2.24) is 15.5 Å². The number of rotatable bonds is 6. The van der Waals surface area contributed by atoms with Gasteiger partial charge in [-0.05, 0) is 25.8 Å². The van der Waals surface area contributed by atoms with E-state index in [9.17, 15) is 14.7 Å². The molecule has 0 saturated heterocycles. The summed E-state index contributed by atoms with van der Waals surface area (Å²) >= 11 is 0. The maximum Gasteiger partial charge on any atom is 0.330 e. The number of aromatic amines is 1. The Hall–Kier alpha value is -1.89. The lowest BCUT2D eigenvalue weighted by Gasteiger charge is -2.58. The molecule has 2 aliphatic carbocycles. The van der Waals surface area contributed by atoms with E-state index in [0.717, 1.165) is 18.5 Å². The molecule has 0 aromatic carbocycles. The summed E-state index contributed by atoms with van der Waals surface area (Å²) in [7, 11) is 0. The fraction of sp³-hybridized carbons (Fsp3) is 0.688. The zero-order valence-corrected chi connectivity index (χ0v) is 13.7. The number of amides is 1. The molecule has 7 nitrogen and oxygen atoms in total. The van der Waals surface area contributed by atoms with E-state index in [4.69, 9.17) is 4.74 Å². The summed E-state index contributed by atoms with van der Waals surface area (Å²) in [6.07, 6.45) is 2.27. The van der Waals surface area contributed by atoms with Gasteiger partial charge in [-0.3, -0.25) is 9.89 Å². The number of carboxylic acids is 1. The average Bonchev–Trinajstić information content (AvgIpc) is 3.22. The standard InChI is InChI=1S/C16H23N3O4/c1-4-23-12-8-16(14(21)22,15(12,2)3)17-13(20)11-7-10(18-19-11)9-5-6-9/h7,9,12H,4-6,8H2,1-3H3,(H,17,20)(H,18,19)(H,21,22). The van der Waals surface area contributed by atoms with Crippen LogP contribution in [0.15, 0.2) is 6.07 Å². The summed E-state index contributed by atoms with van der Waals surface area (Å²) in [5, 5.41) is 19.3. The molecule has 2 atom stereocenters. The third-order valence-electron chi connectivity index (χ3n) is 5.30. The molecule has 2 fully saturated rings. The first-order chi connectivity index (χ1) is 10.8. The van der Waals surface area contributed by atoms with Crippen LogP contribution in [0.4, 0.5) is 0 Å². The Kier molecular flexibility index (Phi) is 3.71. The topological polar surface area (TPSA) is 104 Å². The summed E-state index contributed by atoms with van der Waals surface area (Å²) < 4.78 is 5.59. The molecular formula is C16H23N3O4. The zero-order valence-electron chi connectivity index (χ0n) is 13.7. The van der Waals surface area contributed by atoms with Crippen molar-refractivity contribution < 1.29 is 19.4 Å². The average molecular weight is 321 g/mol. The number of hydrogen-bond donors (Lipinski definition) is 3. The van der Waals surface area contributed by atoms with Gasteiger partial charge in [0.25, 0.3) is 5.91 Å². The maximum atomic E-state index is 12.5. The van der Waals surface area contributed by atoms with Gasteiger partial charge in [-0.25, -0.2) is 4.79 Å². The Bertz CT molecular complexity index is 635. The molecule has 23 heavy (non-hydrogen) atoms. The molecule has 1 aromatic rings. The molecule has 0 aliphatic heterocycles. The molecule has 0 radical (unpaired) electrons. The van der Waals surface area contributed by atoms with Crippen molar-refractivity contribution in [3.8, 4) is 0 Å². The first-order valence-corrected chi connectivity index (χ1v) is 8.04. The summed E-state index contributed by atoms with van der Waals surface area (Å²) in [5.41, 5.74) is -0.842. The number of hydrogen-bond acceptors (Lipinski definition) is 4. The van der Waals surface area contributed by atoms with Crippen molar-refractivity contribution in [2.24, 2.45) is 5.41 Å². The number of carbonyl (C=O) groups is 2. The minimum absolute atomic E-state index is 0.190. The summed E-state index contributed by atoms with van der Waals surface area (Å²) in [4.78, 5) is 24.3. The highest BCUT2D eigenvalue weighted by atomic mass is 16.5. The minimum atomic E-state index is -1.33. The first-order valence-electron chi connectivity index (χ1n) is 8.04. The number of H-pyrrole nitrogens is 1. The second-order valence-electron chi connectivity index (χ2n) is 7.02. The van der Waals surface area contributed by atoms with Gasteiger partial charge in [-0.1, -0.05) is 13.8 Å². The van der Waals surface area contributed by atoms with Gasteiger partial charge >= 0.3 is 5.97 Å². The van der Waals surface area contributed by atoms with E-state index < -0.39 is 22.8 Å². The monoisotopic (exact) mass is 321 g/mol. The minimum Gasteiger partial charge on any atom is -0.479 e. The SMILES string of the molecule is CCOC1CC(NC(=O)c2cc(C3CC3)[nH]n2)(C(=O)O)C1(C)C. The fourth-order valence-electron chi connectivity index (χ4n) is 3.35. The number of nitrogens with zero attached hydrogens (tertiary/aromatic N) is 1. The summed E-state index contributed by atoms with van der Waals surface area (Å²) in [6, 6.07) is 1.72. The third kappa shape index (κ3) is 2.43. The molecule has 3 rings (SSSR count). The number of ether oxygens (including phenoxy) is 1. The predicted octanol–water partition coefficient (Wildman–Crippen LogP) is 1.68. The van der Waals surface area contributed by atoms with Crippen molar-refractivity contribution in [2.75, 3.05) is 6.61 Å². The Morgan fingerprint density at radius 1 is 1.48 bits per heavy atom. The lowest BCUT2D eigenvalue weighted by Crippen LogP contribution is -2.76. The Morgan fingerprint density at radius 2 is 2.17 bits per heavy atom. The number of carbonyl (C=O) groups excluding carboxylic acids is 1. The Labute approximate surface area is 134 Å². The van der Waals surface area contributed by atoms with Gasteiger partial charge < -0.3 is 15.2 Å². The lowest BCUT2D eigenvalue weighted by molar-refractivity contribution is -0.190. The van der Waals surface area contributed by atoms with Crippen LogP contribution < -0.4 is 5.32 Å². The molecule has 0 spiro atoms. The van der Waals surface area contributed by atoms with Crippen LogP contribution in [0.2, 0.25) is 0 Å². The van der Waals surface area contributed by atoms with Crippen LogP contribution in [0.3, 0.4) is 0 Å². The quantitative estimate of drug-likeness (QED) is 0.739. The van der Waals surface area contributed by atoms with E-state index in [1.165, 1.54) is 0 Å². The molecule has 126 valence electrons. The fourth-order valence-corrected chi connectivity index (χ4v) is 3.35. The molecule has 1 heterocycles. The van der Waals surface area contributed by atoms with Crippen molar-refractivity contribution in [3.05, 3.63) is 17.5 Å².